The molecular weight excluding hydrogens is 226 g/mol. The van der Waals surface area contributed by atoms with Gasteiger partial charge in [0, 0.05) is 11.3 Å². The molecule has 0 radical (unpaired) electrons. The van der Waals surface area contributed by atoms with Gasteiger partial charge >= 0.3 is 0 Å². The Hall–Kier alpha value is 0.310. The number of nitrogens with one attached hydrogen (secondary N) is 1. The number of thioether (sulfide) groups is 1. The van der Waals surface area contributed by atoms with E-state index in [0.29, 0.717) is 0 Å². The van der Waals surface area contributed by atoms with E-state index in [0.717, 1.165) is 23.8 Å². The first kappa shape index (κ1) is 15.4. The van der Waals surface area contributed by atoms with Crippen LogP contribution in [-0.4, -0.2) is 23.6 Å². The van der Waals surface area contributed by atoms with Crippen molar-refractivity contribution in [3.63, 3.8) is 0 Å². The van der Waals surface area contributed by atoms with E-state index in [-0.39, 0.29) is 0 Å². The highest BCUT2D eigenvalue weighted by molar-refractivity contribution is 7.99. The maximum atomic E-state index is 3.69. The summed E-state index contributed by atoms with van der Waals surface area (Å²) < 4.78 is 0. The molecule has 1 aliphatic carbocycles. The topological polar surface area (TPSA) is 12.0 Å². The van der Waals surface area contributed by atoms with E-state index in [1.54, 1.807) is 0 Å². The zero-order chi connectivity index (χ0) is 12.5. The van der Waals surface area contributed by atoms with Gasteiger partial charge in [0.05, 0.1) is 0 Å². The minimum absolute atomic E-state index is 0.737. The van der Waals surface area contributed by atoms with Crippen molar-refractivity contribution < 1.29 is 0 Å². The van der Waals surface area contributed by atoms with Crippen molar-refractivity contribution in [1.29, 1.82) is 0 Å². The van der Waals surface area contributed by atoms with Gasteiger partial charge in [-0.3, -0.25) is 0 Å². The first-order valence-corrected chi connectivity index (χ1v) is 8.71. The lowest BCUT2D eigenvalue weighted by atomic mass is 10.1. The third-order valence-electron chi connectivity index (χ3n) is 3.94. The minimum Gasteiger partial charge on any atom is -0.313 e. The highest BCUT2D eigenvalue weighted by atomic mass is 32.2. The molecule has 17 heavy (non-hydrogen) atoms. The Morgan fingerprint density at radius 1 is 1.18 bits per heavy atom. The molecule has 1 aliphatic rings. The van der Waals surface area contributed by atoms with Crippen LogP contribution in [0, 0.1) is 5.92 Å². The molecule has 0 aromatic rings. The third-order valence-corrected chi connectivity index (χ3v) is 5.69. The molecule has 2 atom stereocenters. The largest absolute Gasteiger partial charge is 0.313 e. The van der Waals surface area contributed by atoms with Crippen LogP contribution >= 0.6 is 11.8 Å². The molecule has 0 aromatic heterocycles. The Kier molecular flexibility index (Phi) is 8.38. The molecule has 0 bridgehead atoms. The first-order chi connectivity index (χ1) is 8.31. The van der Waals surface area contributed by atoms with Gasteiger partial charge in [-0.15, -0.1) is 0 Å². The van der Waals surface area contributed by atoms with Gasteiger partial charge in [-0.05, 0) is 43.9 Å². The SMILES string of the molecule is CCCC(NCC)C(CC)SCC1CCCC1. The van der Waals surface area contributed by atoms with E-state index in [9.17, 15) is 0 Å². The van der Waals surface area contributed by atoms with Crippen molar-refractivity contribution in [2.75, 3.05) is 12.3 Å². The van der Waals surface area contributed by atoms with Crippen LogP contribution in [0.3, 0.4) is 0 Å². The van der Waals surface area contributed by atoms with Crippen molar-refractivity contribution >= 4 is 11.8 Å². The minimum atomic E-state index is 0.737. The summed E-state index contributed by atoms with van der Waals surface area (Å²) in [7, 11) is 0. The average molecular weight is 257 g/mol. The zero-order valence-electron chi connectivity index (χ0n) is 12.0. The Balaban J connectivity index is 2.32. The molecule has 2 heteroatoms. The number of rotatable bonds is 9. The van der Waals surface area contributed by atoms with Gasteiger partial charge in [0.25, 0.3) is 0 Å². The summed E-state index contributed by atoms with van der Waals surface area (Å²) >= 11 is 2.24. The molecule has 1 nitrogen and oxygen atoms in total. The van der Waals surface area contributed by atoms with Crippen LogP contribution in [-0.2, 0) is 0 Å². The molecule has 1 rings (SSSR count). The van der Waals surface area contributed by atoms with Gasteiger partial charge in [-0.2, -0.15) is 11.8 Å². The predicted molar refractivity (Wildman–Crippen MR) is 80.9 cm³/mol. The van der Waals surface area contributed by atoms with Gasteiger partial charge in [0.2, 0.25) is 0 Å². The molecule has 0 spiro atoms. The van der Waals surface area contributed by atoms with E-state index in [1.807, 2.05) is 0 Å². The summed E-state index contributed by atoms with van der Waals surface area (Å²) in [6, 6.07) is 0.737. The Morgan fingerprint density at radius 3 is 2.41 bits per heavy atom. The molecule has 1 fully saturated rings. The van der Waals surface area contributed by atoms with Crippen LogP contribution < -0.4 is 5.32 Å². The van der Waals surface area contributed by atoms with Crippen LogP contribution in [0.4, 0.5) is 0 Å². The van der Waals surface area contributed by atoms with Crippen molar-refractivity contribution in [2.24, 2.45) is 5.92 Å². The Bertz CT molecular complexity index is 172. The lowest BCUT2D eigenvalue weighted by molar-refractivity contribution is 0.464. The number of hydrogen-bond acceptors (Lipinski definition) is 2. The summed E-state index contributed by atoms with van der Waals surface area (Å²) in [6.07, 6.45) is 9.89. The van der Waals surface area contributed by atoms with E-state index in [1.165, 1.54) is 50.7 Å². The van der Waals surface area contributed by atoms with Gasteiger partial charge in [-0.1, -0.05) is 40.0 Å². The summed E-state index contributed by atoms with van der Waals surface area (Å²) in [5.41, 5.74) is 0. The molecule has 1 N–H and O–H groups in total. The lowest BCUT2D eigenvalue weighted by Crippen LogP contribution is -2.38. The molecular formula is C15H31NS. The first-order valence-electron chi connectivity index (χ1n) is 7.66. The van der Waals surface area contributed by atoms with Crippen molar-refractivity contribution in [3.05, 3.63) is 0 Å². The van der Waals surface area contributed by atoms with Crippen molar-refractivity contribution in [2.45, 2.75) is 77.0 Å². The number of hydrogen-bond donors (Lipinski definition) is 1. The highest BCUT2D eigenvalue weighted by Crippen LogP contribution is 2.31. The Labute approximate surface area is 113 Å². The Morgan fingerprint density at radius 2 is 1.88 bits per heavy atom. The van der Waals surface area contributed by atoms with Crippen molar-refractivity contribution in [3.8, 4) is 0 Å². The predicted octanol–water partition coefficient (Wildman–Crippen LogP) is 4.47. The monoisotopic (exact) mass is 257 g/mol. The summed E-state index contributed by atoms with van der Waals surface area (Å²) in [6.45, 7) is 8.01. The van der Waals surface area contributed by atoms with E-state index in [2.05, 4.69) is 37.8 Å². The fourth-order valence-corrected chi connectivity index (χ4v) is 4.50. The summed E-state index contributed by atoms with van der Waals surface area (Å²) in [5, 5.41) is 4.52. The van der Waals surface area contributed by atoms with Gasteiger partial charge < -0.3 is 5.32 Å². The fraction of sp³-hybridized carbons (Fsp3) is 1.00. The normalized spacial score (nSPS) is 20.6. The third kappa shape index (κ3) is 5.65. The molecule has 0 saturated heterocycles. The maximum absolute atomic E-state index is 3.69. The zero-order valence-corrected chi connectivity index (χ0v) is 12.8. The molecule has 0 aromatic carbocycles. The van der Waals surface area contributed by atoms with Crippen LogP contribution in [0.25, 0.3) is 0 Å². The highest BCUT2D eigenvalue weighted by Gasteiger charge is 2.22. The maximum Gasteiger partial charge on any atom is 0.0198 e. The molecule has 102 valence electrons. The van der Waals surface area contributed by atoms with Gasteiger partial charge in [0.1, 0.15) is 0 Å². The summed E-state index contributed by atoms with van der Waals surface area (Å²) in [5.74, 6) is 2.43. The second kappa shape index (κ2) is 9.27. The fourth-order valence-electron chi connectivity index (χ4n) is 2.95. The van der Waals surface area contributed by atoms with Crippen LogP contribution in [0.5, 0.6) is 0 Å². The van der Waals surface area contributed by atoms with Gasteiger partial charge in [-0.25, -0.2) is 0 Å². The van der Waals surface area contributed by atoms with Gasteiger partial charge in [0.15, 0.2) is 0 Å². The van der Waals surface area contributed by atoms with E-state index >= 15 is 0 Å². The van der Waals surface area contributed by atoms with E-state index < -0.39 is 0 Å². The summed E-state index contributed by atoms with van der Waals surface area (Å²) in [4.78, 5) is 0. The molecule has 0 aliphatic heterocycles. The molecule has 1 saturated carbocycles. The van der Waals surface area contributed by atoms with Crippen LogP contribution in [0.15, 0.2) is 0 Å². The lowest BCUT2D eigenvalue weighted by Gasteiger charge is -2.27. The molecule has 2 unspecified atom stereocenters. The van der Waals surface area contributed by atoms with Crippen LogP contribution in [0.2, 0.25) is 0 Å². The van der Waals surface area contributed by atoms with Crippen molar-refractivity contribution in [1.82, 2.24) is 5.32 Å². The average Bonchev–Trinajstić information content (AvgIpc) is 2.83. The quantitative estimate of drug-likeness (QED) is 0.654. The molecule has 0 amide bonds. The standard InChI is InChI=1S/C15H31NS/c1-4-9-14(16-6-3)15(5-2)17-12-13-10-7-8-11-13/h13-16H,4-12H2,1-3H3. The van der Waals surface area contributed by atoms with E-state index in [4.69, 9.17) is 0 Å². The molecule has 0 heterocycles. The van der Waals surface area contributed by atoms with Crippen LogP contribution in [0.1, 0.15) is 65.7 Å². The second-order valence-electron chi connectivity index (χ2n) is 5.38. The second-order valence-corrected chi connectivity index (χ2v) is 6.66. The smallest absolute Gasteiger partial charge is 0.0198 e.